The van der Waals surface area contributed by atoms with Crippen molar-refractivity contribution in [2.75, 3.05) is 31.6 Å². The number of hydrogen-bond acceptors (Lipinski definition) is 4. The van der Waals surface area contributed by atoms with E-state index in [1.54, 1.807) is 6.21 Å². The number of nitrogens with zero attached hydrogens (tertiary/aromatic N) is 3. The summed E-state index contributed by atoms with van der Waals surface area (Å²) in [6.45, 7) is 4.59. The number of amides is 3. The Morgan fingerprint density at radius 1 is 1.13 bits per heavy atom. The lowest BCUT2D eigenvalue weighted by molar-refractivity contribution is -0.135. The number of rotatable bonds is 5. The smallest absolute Gasteiger partial charge is 0.339 e. The highest BCUT2D eigenvalue weighted by molar-refractivity contribution is 6.00. The van der Waals surface area contributed by atoms with Gasteiger partial charge in [-0.25, -0.2) is 10.2 Å². The minimum Gasteiger partial charge on any atom is -0.378 e. The summed E-state index contributed by atoms with van der Waals surface area (Å²) in [7, 11) is 0. The molecular formula is C23H25N5O3. The summed E-state index contributed by atoms with van der Waals surface area (Å²) in [6.07, 6.45) is 3.47. The Kier molecular flexibility index (Phi) is 6.28. The molecule has 3 aromatic rings. The van der Waals surface area contributed by atoms with Crippen LogP contribution in [0.2, 0.25) is 0 Å². The molecule has 3 amide bonds. The highest BCUT2D eigenvalue weighted by Crippen LogP contribution is 2.20. The number of anilines is 1. The molecule has 0 atom stereocenters. The molecule has 1 fully saturated rings. The number of carbonyl (C=O) groups is 2. The summed E-state index contributed by atoms with van der Waals surface area (Å²) in [5.74, 6) is 0.0585. The van der Waals surface area contributed by atoms with Gasteiger partial charge in [-0.15, -0.1) is 0 Å². The van der Waals surface area contributed by atoms with Crippen LogP contribution in [-0.2, 0) is 16.1 Å². The number of fused-ring (bicyclic) bond motifs is 1. The zero-order chi connectivity index (χ0) is 21.6. The Labute approximate surface area is 180 Å². The summed E-state index contributed by atoms with van der Waals surface area (Å²) < 4.78 is 7.24. The van der Waals surface area contributed by atoms with Crippen LogP contribution in [0.3, 0.4) is 0 Å². The average Bonchev–Trinajstić information content (AvgIpc) is 3.12. The van der Waals surface area contributed by atoms with Gasteiger partial charge in [0.25, 0.3) is 0 Å². The standard InChI is InChI=1S/C23H25N5O3/c1-17-5-4-6-19(13-17)25-23(30)26-24-14-18-15-28(21-8-3-2-7-20(18)21)16-22(29)27-9-11-31-12-10-27/h2-8,13-15H,9-12,16H2,1H3,(H2,25,26,30)/b24-14+. The van der Waals surface area contributed by atoms with Crippen molar-refractivity contribution in [3.8, 4) is 0 Å². The number of carbonyl (C=O) groups excluding carboxylic acids is 2. The molecule has 0 spiro atoms. The zero-order valence-corrected chi connectivity index (χ0v) is 17.4. The van der Waals surface area contributed by atoms with Crippen LogP contribution in [0.15, 0.2) is 59.8 Å². The van der Waals surface area contributed by atoms with E-state index < -0.39 is 6.03 Å². The molecule has 2 N–H and O–H groups in total. The number of benzene rings is 2. The van der Waals surface area contributed by atoms with Gasteiger partial charge in [-0.05, 0) is 30.7 Å². The molecule has 8 heteroatoms. The Balaban J connectivity index is 1.45. The summed E-state index contributed by atoms with van der Waals surface area (Å²) in [5, 5.41) is 7.78. The number of para-hydroxylation sites is 1. The highest BCUT2D eigenvalue weighted by atomic mass is 16.5. The summed E-state index contributed by atoms with van der Waals surface area (Å²) >= 11 is 0. The van der Waals surface area contributed by atoms with Gasteiger partial charge in [-0.1, -0.05) is 30.3 Å². The first-order valence-electron chi connectivity index (χ1n) is 10.2. The van der Waals surface area contributed by atoms with Crippen LogP contribution in [-0.4, -0.2) is 53.9 Å². The van der Waals surface area contributed by atoms with Crippen molar-refractivity contribution < 1.29 is 14.3 Å². The quantitative estimate of drug-likeness (QED) is 0.492. The molecule has 1 aromatic heterocycles. The molecule has 0 radical (unpaired) electrons. The molecule has 0 aliphatic carbocycles. The van der Waals surface area contributed by atoms with Crippen molar-refractivity contribution in [1.29, 1.82) is 0 Å². The van der Waals surface area contributed by atoms with Gasteiger partial charge in [0.05, 0.1) is 19.4 Å². The lowest BCUT2D eigenvalue weighted by Crippen LogP contribution is -2.42. The summed E-state index contributed by atoms with van der Waals surface area (Å²) in [5.41, 5.74) is 6.00. The summed E-state index contributed by atoms with van der Waals surface area (Å²) in [6, 6.07) is 14.9. The number of ether oxygens (including phenoxy) is 1. The van der Waals surface area contributed by atoms with Crippen LogP contribution in [0.4, 0.5) is 10.5 Å². The van der Waals surface area contributed by atoms with Gasteiger partial charge in [-0.3, -0.25) is 4.79 Å². The molecule has 4 rings (SSSR count). The first kappa shape index (κ1) is 20.6. The molecule has 0 saturated carbocycles. The Bertz CT molecular complexity index is 1120. The second kappa shape index (κ2) is 9.44. The third-order valence-corrected chi connectivity index (χ3v) is 5.13. The topological polar surface area (TPSA) is 88.0 Å². The monoisotopic (exact) mass is 419 g/mol. The number of aromatic nitrogens is 1. The van der Waals surface area contributed by atoms with Crippen LogP contribution in [0.1, 0.15) is 11.1 Å². The molecule has 31 heavy (non-hydrogen) atoms. The lowest BCUT2D eigenvalue weighted by Gasteiger charge is -2.27. The normalized spacial score (nSPS) is 14.2. The van der Waals surface area contributed by atoms with Crippen LogP contribution in [0.5, 0.6) is 0 Å². The number of urea groups is 1. The van der Waals surface area contributed by atoms with E-state index >= 15 is 0 Å². The largest absolute Gasteiger partial charge is 0.378 e. The molecule has 8 nitrogen and oxygen atoms in total. The molecule has 1 aliphatic rings. The van der Waals surface area contributed by atoms with E-state index in [4.69, 9.17) is 4.74 Å². The van der Waals surface area contributed by atoms with Crippen molar-refractivity contribution in [2.45, 2.75) is 13.5 Å². The van der Waals surface area contributed by atoms with E-state index in [9.17, 15) is 9.59 Å². The number of morpholine rings is 1. The van der Waals surface area contributed by atoms with E-state index in [1.165, 1.54) is 0 Å². The Morgan fingerprint density at radius 2 is 1.94 bits per heavy atom. The maximum atomic E-state index is 12.7. The van der Waals surface area contributed by atoms with E-state index in [0.717, 1.165) is 22.0 Å². The number of nitrogens with one attached hydrogen (secondary N) is 2. The van der Waals surface area contributed by atoms with Crippen LogP contribution >= 0.6 is 0 Å². The predicted octanol–water partition coefficient (Wildman–Crippen LogP) is 2.96. The molecular weight excluding hydrogens is 394 g/mol. The van der Waals surface area contributed by atoms with E-state index in [0.29, 0.717) is 32.0 Å². The van der Waals surface area contributed by atoms with Crippen LogP contribution < -0.4 is 10.7 Å². The predicted molar refractivity (Wildman–Crippen MR) is 120 cm³/mol. The van der Waals surface area contributed by atoms with E-state index in [2.05, 4.69) is 15.8 Å². The molecule has 0 bridgehead atoms. The molecule has 1 saturated heterocycles. The highest BCUT2D eigenvalue weighted by Gasteiger charge is 2.18. The fourth-order valence-electron chi connectivity index (χ4n) is 3.61. The van der Waals surface area contributed by atoms with Crippen molar-refractivity contribution in [2.24, 2.45) is 5.10 Å². The van der Waals surface area contributed by atoms with E-state index in [-0.39, 0.29) is 12.5 Å². The van der Waals surface area contributed by atoms with Gasteiger partial charge in [0.2, 0.25) is 5.91 Å². The first-order valence-corrected chi connectivity index (χ1v) is 10.2. The van der Waals surface area contributed by atoms with Gasteiger partial charge in [-0.2, -0.15) is 5.10 Å². The minimum atomic E-state index is -0.423. The van der Waals surface area contributed by atoms with Gasteiger partial charge < -0.3 is 19.5 Å². The van der Waals surface area contributed by atoms with Gasteiger partial charge >= 0.3 is 6.03 Å². The number of aryl methyl sites for hydroxylation is 1. The molecule has 0 unspecified atom stereocenters. The molecule has 1 aliphatic heterocycles. The van der Waals surface area contributed by atoms with Crippen LogP contribution in [0, 0.1) is 6.92 Å². The van der Waals surface area contributed by atoms with Crippen LogP contribution in [0.25, 0.3) is 10.9 Å². The van der Waals surface area contributed by atoms with Crippen molar-refractivity contribution in [1.82, 2.24) is 14.9 Å². The van der Waals surface area contributed by atoms with E-state index in [1.807, 2.05) is 71.1 Å². The number of hydrogen-bond donors (Lipinski definition) is 2. The zero-order valence-electron chi connectivity index (χ0n) is 17.4. The lowest BCUT2D eigenvalue weighted by atomic mass is 10.2. The second-order valence-corrected chi connectivity index (χ2v) is 7.42. The molecule has 2 aromatic carbocycles. The minimum absolute atomic E-state index is 0.0585. The fourth-order valence-corrected chi connectivity index (χ4v) is 3.61. The maximum Gasteiger partial charge on any atom is 0.339 e. The van der Waals surface area contributed by atoms with Crippen molar-refractivity contribution >= 4 is 34.7 Å². The van der Waals surface area contributed by atoms with Crippen molar-refractivity contribution in [3.05, 3.63) is 65.9 Å². The molecule has 160 valence electrons. The first-order chi connectivity index (χ1) is 15.1. The SMILES string of the molecule is Cc1cccc(NC(=O)N/N=C/c2cn(CC(=O)N3CCOCC3)c3ccccc23)c1. The summed E-state index contributed by atoms with van der Waals surface area (Å²) in [4.78, 5) is 26.6. The van der Waals surface area contributed by atoms with Crippen molar-refractivity contribution in [3.63, 3.8) is 0 Å². The van der Waals surface area contributed by atoms with Gasteiger partial charge in [0.1, 0.15) is 6.54 Å². The third-order valence-electron chi connectivity index (χ3n) is 5.13. The Morgan fingerprint density at radius 3 is 2.74 bits per heavy atom. The molecule has 2 heterocycles. The maximum absolute atomic E-state index is 12.7. The van der Waals surface area contributed by atoms with Gasteiger partial charge in [0.15, 0.2) is 0 Å². The van der Waals surface area contributed by atoms with Gasteiger partial charge in [0, 0.05) is 41.4 Å². The third kappa shape index (κ3) is 5.10. The fraction of sp³-hybridized carbons (Fsp3) is 0.261. The Hall–Kier alpha value is -3.65. The average molecular weight is 419 g/mol. The second-order valence-electron chi connectivity index (χ2n) is 7.42. The number of hydrazone groups is 1.